The molecule has 1 atom stereocenters. The zero-order valence-corrected chi connectivity index (χ0v) is 12.5. The molecule has 1 aromatic heterocycles. The molecule has 3 nitrogen and oxygen atoms in total. The number of fused-ring (bicyclic) bond motifs is 1. The lowest BCUT2D eigenvalue weighted by molar-refractivity contribution is 0.390. The van der Waals surface area contributed by atoms with E-state index in [-0.39, 0.29) is 6.04 Å². The summed E-state index contributed by atoms with van der Waals surface area (Å²) >= 11 is 0. The van der Waals surface area contributed by atoms with Gasteiger partial charge in [0.15, 0.2) is 0 Å². The Labute approximate surface area is 120 Å². The van der Waals surface area contributed by atoms with E-state index in [0.717, 1.165) is 18.0 Å². The number of rotatable bonds is 4. The first-order valence-electron chi connectivity index (χ1n) is 7.42. The molecule has 0 aliphatic heterocycles. The first-order valence-corrected chi connectivity index (χ1v) is 7.42. The van der Waals surface area contributed by atoms with Crippen molar-refractivity contribution in [2.24, 2.45) is 0 Å². The predicted molar refractivity (Wildman–Crippen MR) is 79.7 cm³/mol. The second-order valence-corrected chi connectivity index (χ2v) is 5.80. The summed E-state index contributed by atoms with van der Waals surface area (Å²) in [6.45, 7) is 7.03. The predicted octanol–water partition coefficient (Wildman–Crippen LogP) is 3.63. The topological polar surface area (TPSA) is 38.1 Å². The van der Waals surface area contributed by atoms with Crippen molar-refractivity contribution in [2.45, 2.75) is 52.6 Å². The number of benzene rings is 1. The van der Waals surface area contributed by atoms with Crippen molar-refractivity contribution >= 4 is 0 Å². The highest BCUT2D eigenvalue weighted by atomic mass is 16.5. The normalized spacial score (nSPS) is 15.3. The van der Waals surface area contributed by atoms with Gasteiger partial charge in [-0.1, -0.05) is 23.4 Å². The molecule has 0 amide bonds. The Bertz CT molecular complexity index is 596. The molecule has 0 saturated carbocycles. The summed E-state index contributed by atoms with van der Waals surface area (Å²) in [6, 6.07) is 7.15. The smallest absolute Gasteiger partial charge is 0.138 e. The van der Waals surface area contributed by atoms with Gasteiger partial charge in [0.05, 0.1) is 5.69 Å². The second kappa shape index (κ2) is 5.41. The maximum Gasteiger partial charge on any atom is 0.138 e. The first-order chi connectivity index (χ1) is 9.65. The van der Waals surface area contributed by atoms with Gasteiger partial charge in [-0.25, -0.2) is 0 Å². The number of nitrogens with one attached hydrogen (secondary N) is 1. The van der Waals surface area contributed by atoms with Crippen LogP contribution in [0.5, 0.6) is 0 Å². The fourth-order valence-electron chi connectivity index (χ4n) is 3.22. The molecule has 20 heavy (non-hydrogen) atoms. The van der Waals surface area contributed by atoms with Crippen molar-refractivity contribution in [3.63, 3.8) is 0 Å². The van der Waals surface area contributed by atoms with E-state index < -0.39 is 0 Å². The molecule has 0 radical (unpaired) electrons. The maximum atomic E-state index is 5.24. The minimum absolute atomic E-state index is 0.259. The molecular weight excluding hydrogens is 248 g/mol. The molecule has 0 fully saturated rings. The van der Waals surface area contributed by atoms with Gasteiger partial charge >= 0.3 is 0 Å². The molecule has 2 aromatic rings. The molecule has 1 N–H and O–H groups in total. The second-order valence-electron chi connectivity index (χ2n) is 5.80. The van der Waals surface area contributed by atoms with E-state index in [1.807, 2.05) is 13.8 Å². The van der Waals surface area contributed by atoms with Crippen LogP contribution in [0.15, 0.2) is 22.7 Å². The van der Waals surface area contributed by atoms with E-state index >= 15 is 0 Å². The minimum Gasteiger partial charge on any atom is -0.361 e. The monoisotopic (exact) mass is 270 g/mol. The van der Waals surface area contributed by atoms with E-state index in [9.17, 15) is 0 Å². The van der Waals surface area contributed by atoms with Crippen LogP contribution >= 0.6 is 0 Å². The van der Waals surface area contributed by atoms with Crippen LogP contribution in [0.2, 0.25) is 0 Å². The molecular formula is C17H22N2O. The molecule has 1 aliphatic carbocycles. The Morgan fingerprint density at radius 1 is 1.25 bits per heavy atom. The summed E-state index contributed by atoms with van der Waals surface area (Å²) in [5, 5.41) is 7.60. The lowest BCUT2D eigenvalue weighted by Crippen LogP contribution is -2.19. The third-order valence-corrected chi connectivity index (χ3v) is 4.30. The number of hydrogen-bond donors (Lipinski definition) is 1. The van der Waals surface area contributed by atoms with Crippen molar-refractivity contribution in [3.8, 4) is 0 Å². The summed E-state index contributed by atoms with van der Waals surface area (Å²) in [5.41, 5.74) is 6.61. The van der Waals surface area contributed by atoms with Crippen molar-refractivity contribution in [1.29, 1.82) is 0 Å². The molecule has 0 spiro atoms. The van der Waals surface area contributed by atoms with Crippen LogP contribution in [-0.4, -0.2) is 5.16 Å². The molecule has 1 aliphatic rings. The Morgan fingerprint density at radius 3 is 2.80 bits per heavy atom. The molecule has 1 aromatic carbocycles. The van der Waals surface area contributed by atoms with Gasteiger partial charge in [-0.3, -0.25) is 0 Å². The van der Waals surface area contributed by atoms with Crippen LogP contribution in [0.25, 0.3) is 0 Å². The van der Waals surface area contributed by atoms with Gasteiger partial charge < -0.3 is 9.84 Å². The summed E-state index contributed by atoms with van der Waals surface area (Å²) < 4.78 is 5.24. The van der Waals surface area contributed by atoms with Gasteiger partial charge in [-0.2, -0.15) is 0 Å². The number of aryl methyl sites for hydroxylation is 4. The van der Waals surface area contributed by atoms with Gasteiger partial charge in [0.1, 0.15) is 5.76 Å². The largest absolute Gasteiger partial charge is 0.361 e. The van der Waals surface area contributed by atoms with Crippen LogP contribution < -0.4 is 5.32 Å². The molecule has 0 saturated heterocycles. The average molecular weight is 270 g/mol. The third-order valence-electron chi connectivity index (χ3n) is 4.30. The zero-order valence-electron chi connectivity index (χ0n) is 12.5. The van der Waals surface area contributed by atoms with Crippen molar-refractivity contribution in [2.75, 3.05) is 0 Å². The summed E-state index contributed by atoms with van der Waals surface area (Å²) in [7, 11) is 0. The highest BCUT2D eigenvalue weighted by molar-refractivity contribution is 5.35. The van der Waals surface area contributed by atoms with E-state index in [4.69, 9.17) is 4.52 Å². The van der Waals surface area contributed by atoms with Gasteiger partial charge in [0.25, 0.3) is 0 Å². The maximum absolute atomic E-state index is 5.24. The Balaban J connectivity index is 1.67. The summed E-state index contributed by atoms with van der Waals surface area (Å²) in [5.74, 6) is 0.913. The summed E-state index contributed by atoms with van der Waals surface area (Å²) in [6.07, 6.45) is 3.79. The summed E-state index contributed by atoms with van der Waals surface area (Å²) in [4.78, 5) is 0. The van der Waals surface area contributed by atoms with E-state index in [1.165, 1.54) is 41.5 Å². The van der Waals surface area contributed by atoms with Crippen molar-refractivity contribution < 1.29 is 4.52 Å². The standard InChI is InChI=1S/C17H22N2O/c1-11(17-12(2)19-20-13(17)3)18-10-14-7-8-15-5-4-6-16(15)9-14/h7-9,11,18H,4-6,10H2,1-3H3. The molecule has 1 heterocycles. The molecule has 3 rings (SSSR count). The average Bonchev–Trinajstić information content (AvgIpc) is 3.02. The van der Waals surface area contributed by atoms with Gasteiger partial charge in [0.2, 0.25) is 0 Å². The van der Waals surface area contributed by atoms with Gasteiger partial charge in [-0.15, -0.1) is 0 Å². The van der Waals surface area contributed by atoms with E-state index in [1.54, 1.807) is 0 Å². The van der Waals surface area contributed by atoms with E-state index in [2.05, 4.69) is 35.6 Å². The van der Waals surface area contributed by atoms with Crippen LogP contribution in [0, 0.1) is 13.8 Å². The van der Waals surface area contributed by atoms with Crippen LogP contribution in [0.3, 0.4) is 0 Å². The molecule has 1 unspecified atom stereocenters. The highest BCUT2D eigenvalue weighted by Crippen LogP contribution is 2.24. The van der Waals surface area contributed by atoms with Crippen LogP contribution in [-0.2, 0) is 19.4 Å². The fourth-order valence-corrected chi connectivity index (χ4v) is 3.22. The Hall–Kier alpha value is -1.61. The Kier molecular flexibility index (Phi) is 3.62. The first kappa shape index (κ1) is 13.4. The van der Waals surface area contributed by atoms with Crippen molar-refractivity contribution in [1.82, 2.24) is 10.5 Å². The minimum atomic E-state index is 0.259. The number of aromatic nitrogens is 1. The number of hydrogen-bond acceptors (Lipinski definition) is 3. The lowest BCUT2D eigenvalue weighted by Gasteiger charge is -2.14. The van der Waals surface area contributed by atoms with Crippen LogP contribution in [0.1, 0.15) is 53.1 Å². The third kappa shape index (κ3) is 2.50. The lowest BCUT2D eigenvalue weighted by atomic mass is 10.0. The highest BCUT2D eigenvalue weighted by Gasteiger charge is 2.16. The van der Waals surface area contributed by atoms with Crippen LogP contribution in [0.4, 0.5) is 0 Å². The molecule has 0 bridgehead atoms. The Morgan fingerprint density at radius 2 is 2.05 bits per heavy atom. The fraction of sp³-hybridized carbons (Fsp3) is 0.471. The molecule has 106 valence electrons. The van der Waals surface area contributed by atoms with Crippen molar-refractivity contribution in [3.05, 3.63) is 51.9 Å². The zero-order chi connectivity index (χ0) is 14.1. The SMILES string of the molecule is Cc1noc(C)c1C(C)NCc1ccc2c(c1)CCC2. The van der Waals surface area contributed by atoms with Gasteiger partial charge in [0, 0.05) is 18.2 Å². The molecule has 3 heteroatoms. The van der Waals surface area contributed by atoms with Gasteiger partial charge in [-0.05, 0) is 56.7 Å². The van der Waals surface area contributed by atoms with E-state index in [0.29, 0.717) is 0 Å². The quantitative estimate of drug-likeness (QED) is 0.922. The number of nitrogens with zero attached hydrogens (tertiary/aromatic N) is 1.